The molecule has 0 bridgehead atoms. The number of hydrogen-bond acceptors (Lipinski definition) is 5. The number of ether oxygens (including phenoxy) is 1. The van der Waals surface area contributed by atoms with Crippen molar-refractivity contribution < 1.29 is 14.8 Å². The van der Waals surface area contributed by atoms with Gasteiger partial charge in [-0.25, -0.2) is 0 Å². The summed E-state index contributed by atoms with van der Waals surface area (Å²) in [5.41, 5.74) is 0. The van der Waals surface area contributed by atoms with Gasteiger partial charge in [0, 0.05) is 0 Å². The lowest BCUT2D eigenvalue weighted by atomic mass is 10.6. The van der Waals surface area contributed by atoms with Gasteiger partial charge in [-0.05, 0) is 4.92 Å². The average Bonchev–Trinajstić information content (AvgIpc) is 2.61. The van der Waals surface area contributed by atoms with E-state index in [4.69, 9.17) is 9.84 Å². The first kappa shape index (κ1) is 10.6. The molecule has 1 aromatic heterocycles. The summed E-state index contributed by atoms with van der Waals surface area (Å²) in [5.74, 6) is -0.174. The van der Waals surface area contributed by atoms with E-state index in [-0.39, 0.29) is 19.0 Å². The lowest BCUT2D eigenvalue weighted by molar-refractivity contribution is -0.389. The van der Waals surface area contributed by atoms with Gasteiger partial charge in [0.1, 0.15) is 0 Å². The third kappa shape index (κ3) is 3.11. The van der Waals surface area contributed by atoms with Crippen LogP contribution in [0.3, 0.4) is 0 Å². The molecule has 1 N–H and O–H groups in total. The fraction of sp³-hybridized carbons (Fsp3) is 0.571. The van der Waals surface area contributed by atoms with Crippen LogP contribution in [0.15, 0.2) is 12.3 Å². The zero-order valence-electron chi connectivity index (χ0n) is 7.50. The summed E-state index contributed by atoms with van der Waals surface area (Å²) in [5, 5.41) is 22.3. The molecule has 0 saturated carbocycles. The molecule has 14 heavy (non-hydrogen) atoms. The quantitative estimate of drug-likeness (QED) is 0.391. The molecule has 0 spiro atoms. The summed E-state index contributed by atoms with van der Waals surface area (Å²) >= 11 is 0. The van der Waals surface area contributed by atoms with Crippen LogP contribution in [-0.2, 0) is 11.3 Å². The van der Waals surface area contributed by atoms with Crippen LogP contribution in [0.2, 0.25) is 0 Å². The molecule has 0 atom stereocenters. The van der Waals surface area contributed by atoms with Gasteiger partial charge < -0.3 is 20.0 Å². The van der Waals surface area contributed by atoms with Crippen molar-refractivity contribution in [2.45, 2.75) is 6.54 Å². The Morgan fingerprint density at radius 3 is 3.00 bits per heavy atom. The molecule has 1 heterocycles. The van der Waals surface area contributed by atoms with Crippen LogP contribution in [0, 0.1) is 10.1 Å². The van der Waals surface area contributed by atoms with Crippen molar-refractivity contribution in [3.63, 3.8) is 0 Å². The van der Waals surface area contributed by atoms with E-state index in [1.807, 2.05) is 0 Å². The minimum absolute atomic E-state index is 0.0285. The molecule has 0 aliphatic carbocycles. The van der Waals surface area contributed by atoms with Crippen molar-refractivity contribution >= 4 is 5.82 Å². The third-order valence-corrected chi connectivity index (χ3v) is 1.51. The van der Waals surface area contributed by atoms with Crippen LogP contribution in [0.5, 0.6) is 0 Å². The van der Waals surface area contributed by atoms with Crippen LogP contribution >= 0.6 is 0 Å². The fourth-order valence-electron chi connectivity index (χ4n) is 0.898. The molecule has 1 rings (SSSR count). The monoisotopic (exact) mass is 201 g/mol. The van der Waals surface area contributed by atoms with Gasteiger partial charge in [-0.3, -0.25) is 0 Å². The van der Waals surface area contributed by atoms with E-state index in [2.05, 4.69) is 5.10 Å². The number of nitrogens with zero attached hydrogens (tertiary/aromatic N) is 3. The van der Waals surface area contributed by atoms with Crippen molar-refractivity contribution in [2.24, 2.45) is 0 Å². The summed E-state index contributed by atoms with van der Waals surface area (Å²) in [4.78, 5) is 9.71. The number of nitro groups is 1. The van der Waals surface area contributed by atoms with Crippen LogP contribution in [0.25, 0.3) is 0 Å². The van der Waals surface area contributed by atoms with E-state index in [1.54, 1.807) is 0 Å². The lowest BCUT2D eigenvalue weighted by Gasteiger charge is -1.98. The Morgan fingerprint density at radius 2 is 2.43 bits per heavy atom. The van der Waals surface area contributed by atoms with Gasteiger partial charge in [0.2, 0.25) is 0 Å². The first-order valence-corrected chi connectivity index (χ1v) is 4.10. The standard InChI is InChI=1S/C7H11N3O4/c11-4-6-14-5-3-9-2-1-7(8-9)10(12)13/h1-2,11H,3-6H2. The first-order valence-electron chi connectivity index (χ1n) is 4.10. The molecule has 7 nitrogen and oxygen atoms in total. The molecule has 0 aromatic carbocycles. The number of aliphatic hydroxyl groups excluding tert-OH is 1. The minimum atomic E-state index is -0.551. The smallest absolute Gasteiger partial charge is 0.389 e. The second-order valence-corrected chi connectivity index (χ2v) is 2.53. The maximum absolute atomic E-state index is 10.3. The summed E-state index contributed by atoms with van der Waals surface area (Å²) in [6.07, 6.45) is 1.51. The molecule has 0 aliphatic rings. The summed E-state index contributed by atoms with van der Waals surface area (Å²) in [7, 11) is 0. The summed E-state index contributed by atoms with van der Waals surface area (Å²) in [6, 6.07) is 1.33. The lowest BCUT2D eigenvalue weighted by Crippen LogP contribution is -2.09. The number of rotatable bonds is 6. The SMILES string of the molecule is O=[N+]([O-])c1ccn(CCOCCO)n1. The van der Waals surface area contributed by atoms with E-state index >= 15 is 0 Å². The number of aromatic nitrogens is 2. The topological polar surface area (TPSA) is 90.4 Å². The largest absolute Gasteiger partial charge is 0.394 e. The highest BCUT2D eigenvalue weighted by Gasteiger charge is 2.09. The van der Waals surface area contributed by atoms with Crippen molar-refractivity contribution in [3.8, 4) is 0 Å². The summed E-state index contributed by atoms with van der Waals surface area (Å²) in [6.45, 7) is 1.05. The molecule has 0 fully saturated rings. The molecule has 7 heteroatoms. The van der Waals surface area contributed by atoms with Gasteiger partial charge >= 0.3 is 5.82 Å². The third-order valence-electron chi connectivity index (χ3n) is 1.51. The Morgan fingerprint density at radius 1 is 1.64 bits per heavy atom. The Hall–Kier alpha value is -1.47. The Labute approximate surface area is 80.1 Å². The molecule has 0 amide bonds. The molecular formula is C7H11N3O4. The molecule has 0 unspecified atom stereocenters. The van der Waals surface area contributed by atoms with Crippen molar-refractivity contribution in [2.75, 3.05) is 19.8 Å². The molecule has 78 valence electrons. The van der Waals surface area contributed by atoms with Crippen LogP contribution < -0.4 is 0 Å². The first-order chi connectivity index (χ1) is 6.74. The second kappa shape index (κ2) is 5.30. The van der Waals surface area contributed by atoms with Gasteiger partial charge in [-0.2, -0.15) is 4.68 Å². The van der Waals surface area contributed by atoms with Crippen LogP contribution in [0.4, 0.5) is 5.82 Å². The zero-order valence-corrected chi connectivity index (χ0v) is 7.50. The second-order valence-electron chi connectivity index (χ2n) is 2.53. The van der Waals surface area contributed by atoms with Gasteiger partial charge in [0.15, 0.2) is 0 Å². The number of aliphatic hydroxyl groups is 1. The molecule has 0 radical (unpaired) electrons. The molecule has 0 saturated heterocycles. The van der Waals surface area contributed by atoms with Gasteiger partial charge in [-0.1, -0.05) is 0 Å². The molecule has 0 aliphatic heterocycles. The average molecular weight is 201 g/mol. The minimum Gasteiger partial charge on any atom is -0.394 e. The van der Waals surface area contributed by atoms with Crippen LogP contribution in [0.1, 0.15) is 0 Å². The predicted octanol–water partition coefficient (Wildman–Crippen LogP) is -0.200. The normalized spacial score (nSPS) is 10.4. The predicted molar refractivity (Wildman–Crippen MR) is 46.8 cm³/mol. The van der Waals surface area contributed by atoms with Crippen molar-refractivity contribution in [1.29, 1.82) is 0 Å². The van der Waals surface area contributed by atoms with Gasteiger partial charge in [-0.15, -0.1) is 0 Å². The van der Waals surface area contributed by atoms with E-state index in [0.717, 1.165) is 0 Å². The summed E-state index contributed by atoms with van der Waals surface area (Å²) < 4.78 is 6.40. The highest BCUT2D eigenvalue weighted by atomic mass is 16.6. The van der Waals surface area contributed by atoms with E-state index in [1.165, 1.54) is 16.9 Å². The Kier molecular flexibility index (Phi) is 4.02. The number of hydrogen-bond donors (Lipinski definition) is 1. The van der Waals surface area contributed by atoms with Gasteiger partial charge in [0.05, 0.1) is 43.7 Å². The fourth-order valence-corrected chi connectivity index (χ4v) is 0.898. The van der Waals surface area contributed by atoms with Crippen molar-refractivity contribution in [1.82, 2.24) is 9.78 Å². The molecule has 1 aromatic rings. The Bertz CT molecular complexity index is 299. The maximum Gasteiger partial charge on any atom is 0.389 e. The Balaban J connectivity index is 2.33. The van der Waals surface area contributed by atoms with Gasteiger partial charge in [0.25, 0.3) is 0 Å². The van der Waals surface area contributed by atoms with E-state index < -0.39 is 4.92 Å². The highest BCUT2D eigenvalue weighted by Crippen LogP contribution is 2.04. The maximum atomic E-state index is 10.3. The zero-order chi connectivity index (χ0) is 10.4. The van der Waals surface area contributed by atoms with Crippen LogP contribution in [-0.4, -0.2) is 39.6 Å². The highest BCUT2D eigenvalue weighted by molar-refractivity contribution is 5.13. The van der Waals surface area contributed by atoms with E-state index in [9.17, 15) is 10.1 Å². The van der Waals surface area contributed by atoms with Crippen molar-refractivity contribution in [3.05, 3.63) is 22.4 Å². The molecular weight excluding hydrogens is 190 g/mol. The van der Waals surface area contributed by atoms with E-state index in [0.29, 0.717) is 13.2 Å².